The number of Topliss-reactive ketones (excluding diaryl/α,β-unsaturated/α-hetero) is 1. The van der Waals surface area contributed by atoms with Gasteiger partial charge in [-0.05, 0) is 42.7 Å². The minimum atomic E-state index is -0.877. The molecule has 0 saturated carbocycles. The van der Waals surface area contributed by atoms with E-state index in [1.165, 1.54) is 13.0 Å². The predicted molar refractivity (Wildman–Crippen MR) is 115 cm³/mol. The summed E-state index contributed by atoms with van der Waals surface area (Å²) in [6, 6.07) is 13.6. The van der Waals surface area contributed by atoms with E-state index in [4.69, 9.17) is 9.47 Å². The molecule has 0 bridgehead atoms. The Morgan fingerprint density at radius 2 is 1.70 bits per heavy atom. The zero-order valence-electron chi connectivity index (χ0n) is 17.5. The van der Waals surface area contributed by atoms with Gasteiger partial charge in [-0.2, -0.15) is 0 Å². The maximum absolute atomic E-state index is 12.2. The number of esters is 1. The largest absolute Gasteiger partial charge is 0.497 e. The van der Waals surface area contributed by atoms with Gasteiger partial charge in [0, 0.05) is 11.6 Å². The number of aryl methyl sites for hydroxylation is 1. The summed E-state index contributed by atoms with van der Waals surface area (Å²) in [7, 11) is 1.58. The van der Waals surface area contributed by atoms with Crippen LogP contribution < -0.4 is 10.1 Å². The molecule has 1 amide bonds. The number of ketones is 1. The van der Waals surface area contributed by atoms with Gasteiger partial charge in [0.1, 0.15) is 11.8 Å². The van der Waals surface area contributed by atoms with Crippen molar-refractivity contribution in [3.8, 4) is 5.75 Å². The van der Waals surface area contributed by atoms with Gasteiger partial charge in [-0.15, -0.1) is 0 Å². The lowest BCUT2D eigenvalue weighted by atomic mass is 10.1. The molecular formula is C24H27NO5. The summed E-state index contributed by atoms with van der Waals surface area (Å²) < 4.78 is 10.1. The first-order valence-electron chi connectivity index (χ1n) is 9.84. The van der Waals surface area contributed by atoms with Crippen LogP contribution in [0.25, 0.3) is 6.08 Å². The van der Waals surface area contributed by atoms with Gasteiger partial charge in [0.2, 0.25) is 5.91 Å². The topological polar surface area (TPSA) is 81.7 Å². The van der Waals surface area contributed by atoms with Crippen LogP contribution in [0.1, 0.15) is 41.8 Å². The Morgan fingerprint density at radius 1 is 1.03 bits per heavy atom. The molecule has 0 heterocycles. The zero-order valence-corrected chi connectivity index (χ0v) is 17.5. The van der Waals surface area contributed by atoms with E-state index < -0.39 is 17.9 Å². The minimum Gasteiger partial charge on any atom is -0.497 e. The summed E-state index contributed by atoms with van der Waals surface area (Å²) >= 11 is 0. The first kappa shape index (κ1) is 22.9. The number of carbonyl (C=O) groups is 3. The Labute approximate surface area is 176 Å². The van der Waals surface area contributed by atoms with E-state index in [1.807, 2.05) is 12.1 Å². The van der Waals surface area contributed by atoms with Crippen LogP contribution >= 0.6 is 0 Å². The Balaban J connectivity index is 1.79. The fourth-order valence-electron chi connectivity index (χ4n) is 2.70. The number of nitrogens with one attached hydrogen (secondary N) is 1. The average molecular weight is 409 g/mol. The van der Waals surface area contributed by atoms with Gasteiger partial charge in [-0.25, -0.2) is 4.79 Å². The molecule has 2 aromatic rings. The van der Waals surface area contributed by atoms with Crippen molar-refractivity contribution < 1.29 is 23.9 Å². The summed E-state index contributed by atoms with van der Waals surface area (Å²) in [5.41, 5.74) is 2.46. The highest BCUT2D eigenvalue weighted by Crippen LogP contribution is 2.12. The molecule has 0 spiro atoms. The van der Waals surface area contributed by atoms with Crippen molar-refractivity contribution in [3.63, 3.8) is 0 Å². The maximum atomic E-state index is 12.2. The quantitative estimate of drug-likeness (QED) is 0.368. The molecule has 1 N–H and O–H groups in total. The van der Waals surface area contributed by atoms with Gasteiger partial charge in [0.25, 0.3) is 0 Å². The molecule has 0 fully saturated rings. The maximum Gasteiger partial charge on any atom is 0.328 e. The van der Waals surface area contributed by atoms with E-state index in [9.17, 15) is 14.4 Å². The van der Waals surface area contributed by atoms with Crippen molar-refractivity contribution in [2.45, 2.75) is 32.7 Å². The van der Waals surface area contributed by atoms with Crippen LogP contribution in [0, 0.1) is 0 Å². The van der Waals surface area contributed by atoms with Gasteiger partial charge in [-0.1, -0.05) is 49.7 Å². The number of rotatable bonds is 10. The highest BCUT2D eigenvalue weighted by molar-refractivity contribution is 5.98. The molecule has 30 heavy (non-hydrogen) atoms. The van der Waals surface area contributed by atoms with Gasteiger partial charge in [-0.3, -0.25) is 9.59 Å². The molecule has 6 nitrogen and oxygen atoms in total. The van der Waals surface area contributed by atoms with E-state index in [-0.39, 0.29) is 12.4 Å². The van der Waals surface area contributed by atoms with E-state index in [0.717, 1.165) is 29.7 Å². The third kappa shape index (κ3) is 7.20. The van der Waals surface area contributed by atoms with Crippen molar-refractivity contribution in [2.24, 2.45) is 0 Å². The van der Waals surface area contributed by atoms with Crippen LogP contribution in [-0.4, -0.2) is 37.4 Å². The number of hydrogen-bond donors (Lipinski definition) is 1. The SMILES string of the molecule is CCCc1ccc(C(=O)COC(=O)[C@H](C)NC(=O)/C=C/c2ccc(OC)cc2)cc1. The van der Waals surface area contributed by atoms with Crippen molar-refractivity contribution >= 4 is 23.7 Å². The van der Waals surface area contributed by atoms with Crippen LogP contribution in [-0.2, 0) is 20.7 Å². The zero-order chi connectivity index (χ0) is 21.9. The number of hydrogen-bond acceptors (Lipinski definition) is 5. The second kappa shape index (κ2) is 11.6. The summed E-state index contributed by atoms with van der Waals surface area (Å²) in [6.07, 6.45) is 4.94. The van der Waals surface area contributed by atoms with Crippen LogP contribution in [0.5, 0.6) is 5.75 Å². The summed E-state index contributed by atoms with van der Waals surface area (Å²) in [4.78, 5) is 36.3. The van der Waals surface area contributed by atoms with Gasteiger partial charge >= 0.3 is 5.97 Å². The molecule has 1 atom stereocenters. The number of methoxy groups -OCH3 is 1. The summed E-state index contributed by atoms with van der Waals surface area (Å²) in [6.45, 7) is 3.23. The lowest BCUT2D eigenvalue weighted by Gasteiger charge is -2.12. The van der Waals surface area contributed by atoms with Gasteiger partial charge in [0.15, 0.2) is 12.4 Å². The first-order valence-corrected chi connectivity index (χ1v) is 9.84. The third-order valence-corrected chi connectivity index (χ3v) is 4.42. The highest BCUT2D eigenvalue weighted by atomic mass is 16.5. The molecule has 0 radical (unpaired) electrons. The van der Waals surface area contributed by atoms with Crippen molar-refractivity contribution in [2.75, 3.05) is 13.7 Å². The molecule has 2 aromatic carbocycles. The molecular weight excluding hydrogens is 382 g/mol. The molecule has 0 aliphatic carbocycles. The van der Waals surface area contributed by atoms with E-state index in [2.05, 4.69) is 12.2 Å². The van der Waals surface area contributed by atoms with E-state index >= 15 is 0 Å². The molecule has 0 aliphatic rings. The first-order chi connectivity index (χ1) is 14.4. The van der Waals surface area contributed by atoms with Crippen molar-refractivity contribution in [1.29, 1.82) is 0 Å². The summed E-state index contributed by atoms with van der Waals surface area (Å²) in [5, 5.41) is 2.52. The van der Waals surface area contributed by atoms with Crippen molar-refractivity contribution in [3.05, 3.63) is 71.3 Å². The molecule has 2 rings (SSSR count). The minimum absolute atomic E-state index is 0.288. The molecule has 0 aromatic heterocycles. The van der Waals surface area contributed by atoms with E-state index in [1.54, 1.807) is 49.6 Å². The number of amides is 1. The Hall–Kier alpha value is -3.41. The van der Waals surface area contributed by atoms with Crippen LogP contribution in [0.3, 0.4) is 0 Å². The Kier molecular flexibility index (Phi) is 8.81. The van der Waals surface area contributed by atoms with E-state index in [0.29, 0.717) is 5.56 Å². The second-order valence-corrected chi connectivity index (χ2v) is 6.81. The Morgan fingerprint density at radius 3 is 2.30 bits per heavy atom. The number of benzene rings is 2. The molecule has 0 aliphatic heterocycles. The second-order valence-electron chi connectivity index (χ2n) is 6.81. The number of ether oxygens (including phenoxy) is 2. The summed E-state index contributed by atoms with van der Waals surface area (Å²) in [5.74, 6) is -0.672. The monoisotopic (exact) mass is 409 g/mol. The average Bonchev–Trinajstić information content (AvgIpc) is 2.76. The fourth-order valence-corrected chi connectivity index (χ4v) is 2.70. The molecule has 158 valence electrons. The predicted octanol–water partition coefficient (Wildman–Crippen LogP) is 3.59. The normalized spacial score (nSPS) is 11.7. The smallest absolute Gasteiger partial charge is 0.328 e. The Bertz CT molecular complexity index is 885. The van der Waals surface area contributed by atoms with Crippen LogP contribution in [0.15, 0.2) is 54.6 Å². The standard InChI is InChI=1S/C24H27NO5/c1-4-5-18-6-11-20(12-7-18)22(26)16-30-24(28)17(2)25-23(27)15-10-19-8-13-21(29-3)14-9-19/h6-15,17H,4-5,16H2,1-3H3,(H,25,27)/b15-10+/t17-/m0/s1. The molecule has 0 saturated heterocycles. The van der Waals surface area contributed by atoms with Crippen LogP contribution in [0.2, 0.25) is 0 Å². The molecule has 6 heteroatoms. The third-order valence-electron chi connectivity index (χ3n) is 4.42. The van der Waals surface area contributed by atoms with Gasteiger partial charge < -0.3 is 14.8 Å². The highest BCUT2D eigenvalue weighted by Gasteiger charge is 2.17. The lowest BCUT2D eigenvalue weighted by Crippen LogP contribution is -2.39. The van der Waals surface area contributed by atoms with Gasteiger partial charge in [0.05, 0.1) is 7.11 Å². The lowest BCUT2D eigenvalue weighted by molar-refractivity contribution is -0.145. The number of carbonyl (C=O) groups excluding carboxylic acids is 3. The van der Waals surface area contributed by atoms with Crippen LogP contribution in [0.4, 0.5) is 0 Å². The fraction of sp³-hybridized carbons (Fsp3) is 0.292. The molecule has 0 unspecified atom stereocenters. The van der Waals surface area contributed by atoms with Crippen molar-refractivity contribution in [1.82, 2.24) is 5.32 Å².